The maximum absolute atomic E-state index is 6.29. The van der Waals surface area contributed by atoms with Crippen molar-refractivity contribution in [2.24, 2.45) is 5.73 Å². The number of para-hydroxylation sites is 2. The van der Waals surface area contributed by atoms with Gasteiger partial charge in [-0.05, 0) is 30.7 Å². The largest absolute Gasteiger partial charge is 0.333 e. The number of hydrogen-bond acceptors (Lipinski definition) is 4. The quantitative estimate of drug-likeness (QED) is 0.707. The summed E-state index contributed by atoms with van der Waals surface area (Å²) in [6.45, 7) is 2.10. The van der Waals surface area contributed by atoms with Gasteiger partial charge in [0.05, 0.1) is 22.0 Å². The first-order valence-electron chi connectivity index (χ1n) is 7.06. The second kappa shape index (κ2) is 6.28. The molecule has 2 atom stereocenters. The maximum Gasteiger partial charge on any atom is 0.167 e. The van der Waals surface area contributed by atoms with Crippen LogP contribution in [0.3, 0.4) is 0 Å². The molecule has 5 heteroatoms. The minimum absolute atomic E-state index is 0.0399. The van der Waals surface area contributed by atoms with Crippen LogP contribution < -0.4 is 5.73 Å². The average Bonchev–Trinajstić information content (AvgIpc) is 2.95. The number of rotatable bonds is 5. The van der Waals surface area contributed by atoms with Gasteiger partial charge < -0.3 is 10.7 Å². The van der Waals surface area contributed by atoms with Crippen molar-refractivity contribution in [3.8, 4) is 0 Å². The highest BCUT2D eigenvalue weighted by Gasteiger charge is 2.22. The summed E-state index contributed by atoms with van der Waals surface area (Å²) in [6.07, 6.45) is 2.71. The van der Waals surface area contributed by atoms with Crippen LogP contribution in [0.2, 0.25) is 0 Å². The zero-order valence-corrected chi connectivity index (χ0v) is 12.7. The van der Waals surface area contributed by atoms with Gasteiger partial charge in [-0.3, -0.25) is 4.98 Å². The van der Waals surface area contributed by atoms with Gasteiger partial charge in [0, 0.05) is 12.2 Å². The van der Waals surface area contributed by atoms with Crippen molar-refractivity contribution in [1.82, 2.24) is 15.0 Å². The van der Waals surface area contributed by atoms with E-state index in [2.05, 4.69) is 21.9 Å². The second-order valence-corrected chi connectivity index (χ2v) is 6.05. The number of nitrogens with zero attached hydrogens (tertiary/aromatic N) is 2. The minimum atomic E-state index is 0.0399. The first kappa shape index (κ1) is 14.1. The van der Waals surface area contributed by atoms with Gasteiger partial charge in [-0.15, -0.1) is 0 Å². The van der Waals surface area contributed by atoms with Crippen molar-refractivity contribution >= 4 is 22.8 Å². The number of hydrogen-bond donors (Lipinski definition) is 2. The molecule has 1 aromatic carbocycles. The summed E-state index contributed by atoms with van der Waals surface area (Å²) in [5, 5.41) is 0.979. The van der Waals surface area contributed by atoms with Crippen LogP contribution in [0.1, 0.15) is 24.3 Å². The topological polar surface area (TPSA) is 67.6 Å². The molecule has 0 fully saturated rings. The highest BCUT2D eigenvalue weighted by atomic mass is 32.2. The SMILES string of the molecule is CCC(N)C(Sc1nc2ccccc2[nH]1)c1ccccn1. The number of aromatic amines is 1. The lowest BCUT2D eigenvalue weighted by molar-refractivity contribution is 0.623. The van der Waals surface area contributed by atoms with Crippen LogP contribution >= 0.6 is 11.8 Å². The molecule has 2 unspecified atom stereocenters. The molecule has 3 N–H and O–H groups in total. The van der Waals surface area contributed by atoms with Gasteiger partial charge in [0.1, 0.15) is 0 Å². The fourth-order valence-electron chi connectivity index (χ4n) is 2.23. The van der Waals surface area contributed by atoms with E-state index in [1.165, 1.54) is 0 Å². The molecule has 0 spiro atoms. The molecule has 21 heavy (non-hydrogen) atoms. The summed E-state index contributed by atoms with van der Waals surface area (Å²) in [5.41, 5.74) is 9.31. The smallest absolute Gasteiger partial charge is 0.167 e. The van der Waals surface area contributed by atoms with Crippen LogP contribution in [0.25, 0.3) is 11.0 Å². The molecule has 0 saturated carbocycles. The highest BCUT2D eigenvalue weighted by Crippen LogP contribution is 2.36. The molecule has 2 aromatic heterocycles. The number of aromatic nitrogens is 3. The molecule has 108 valence electrons. The van der Waals surface area contributed by atoms with E-state index in [-0.39, 0.29) is 11.3 Å². The fraction of sp³-hybridized carbons (Fsp3) is 0.250. The summed E-state index contributed by atoms with van der Waals surface area (Å²) < 4.78 is 0. The molecule has 2 heterocycles. The van der Waals surface area contributed by atoms with Crippen molar-refractivity contribution in [1.29, 1.82) is 0 Å². The van der Waals surface area contributed by atoms with E-state index in [0.717, 1.165) is 28.3 Å². The van der Waals surface area contributed by atoms with Gasteiger partial charge in [-0.2, -0.15) is 0 Å². The molecular weight excluding hydrogens is 280 g/mol. The van der Waals surface area contributed by atoms with E-state index in [0.29, 0.717) is 0 Å². The van der Waals surface area contributed by atoms with Crippen LogP contribution in [-0.2, 0) is 0 Å². The van der Waals surface area contributed by atoms with Crippen molar-refractivity contribution in [3.05, 3.63) is 54.4 Å². The van der Waals surface area contributed by atoms with E-state index < -0.39 is 0 Å². The fourth-order valence-corrected chi connectivity index (χ4v) is 3.42. The van der Waals surface area contributed by atoms with Crippen molar-refractivity contribution in [2.45, 2.75) is 29.8 Å². The standard InChI is InChI=1S/C16H18N4S/c1-2-11(17)15(14-9-5-6-10-18-14)21-16-19-12-7-3-4-8-13(12)20-16/h3-11,15H,2,17H2,1H3,(H,19,20). The predicted molar refractivity (Wildman–Crippen MR) is 87.2 cm³/mol. The Morgan fingerprint density at radius 2 is 2.00 bits per heavy atom. The third-order valence-corrected chi connectivity index (χ3v) is 4.71. The van der Waals surface area contributed by atoms with Gasteiger partial charge in [0.2, 0.25) is 0 Å². The third kappa shape index (κ3) is 3.09. The maximum atomic E-state index is 6.29. The minimum Gasteiger partial charge on any atom is -0.333 e. The lowest BCUT2D eigenvalue weighted by Gasteiger charge is -2.20. The van der Waals surface area contributed by atoms with E-state index in [1.54, 1.807) is 11.8 Å². The second-order valence-electron chi connectivity index (χ2n) is 4.92. The number of benzene rings is 1. The molecule has 0 radical (unpaired) electrons. The van der Waals surface area contributed by atoms with Gasteiger partial charge in [-0.1, -0.05) is 36.9 Å². The monoisotopic (exact) mass is 298 g/mol. The molecule has 3 aromatic rings. The molecule has 0 aliphatic heterocycles. The van der Waals surface area contributed by atoms with Crippen molar-refractivity contribution < 1.29 is 0 Å². The lowest BCUT2D eigenvalue weighted by Crippen LogP contribution is -2.26. The number of imidazole rings is 1. The average molecular weight is 298 g/mol. The van der Waals surface area contributed by atoms with Crippen LogP contribution in [0, 0.1) is 0 Å². The van der Waals surface area contributed by atoms with Gasteiger partial charge in [0.25, 0.3) is 0 Å². The molecular formula is C16H18N4S. The predicted octanol–water partition coefficient (Wildman–Crippen LogP) is 3.53. The summed E-state index contributed by atoms with van der Waals surface area (Å²) >= 11 is 1.65. The molecule has 0 bridgehead atoms. The molecule has 0 aliphatic carbocycles. The van der Waals surface area contributed by atoms with Crippen LogP contribution in [0.5, 0.6) is 0 Å². The van der Waals surface area contributed by atoms with Crippen molar-refractivity contribution in [3.63, 3.8) is 0 Å². The number of nitrogens with one attached hydrogen (secondary N) is 1. The normalized spacial score (nSPS) is 14.2. The Balaban J connectivity index is 1.90. The zero-order chi connectivity index (χ0) is 14.7. The molecule has 4 nitrogen and oxygen atoms in total. The van der Waals surface area contributed by atoms with Crippen LogP contribution in [0.4, 0.5) is 0 Å². The zero-order valence-electron chi connectivity index (χ0n) is 11.9. The van der Waals surface area contributed by atoms with E-state index in [1.807, 2.05) is 48.7 Å². The molecule has 3 rings (SSSR count). The first-order chi connectivity index (χ1) is 10.3. The summed E-state index contributed by atoms with van der Waals surface area (Å²) in [5.74, 6) is 0. The van der Waals surface area contributed by atoms with E-state index >= 15 is 0 Å². The Bertz CT molecular complexity index is 677. The van der Waals surface area contributed by atoms with Gasteiger partial charge >= 0.3 is 0 Å². The Morgan fingerprint density at radius 3 is 2.71 bits per heavy atom. The number of H-pyrrole nitrogens is 1. The highest BCUT2D eigenvalue weighted by molar-refractivity contribution is 7.99. The number of thioether (sulfide) groups is 1. The molecule has 0 amide bonds. The van der Waals surface area contributed by atoms with E-state index in [4.69, 9.17) is 5.73 Å². The number of fused-ring (bicyclic) bond motifs is 1. The van der Waals surface area contributed by atoms with Crippen LogP contribution in [-0.4, -0.2) is 21.0 Å². The Labute approximate surface area is 128 Å². The summed E-state index contributed by atoms with van der Waals surface area (Å²) in [4.78, 5) is 12.4. The number of nitrogens with two attached hydrogens (primary N) is 1. The Kier molecular flexibility index (Phi) is 4.22. The number of pyridine rings is 1. The van der Waals surface area contributed by atoms with Gasteiger partial charge in [-0.25, -0.2) is 4.98 Å². The lowest BCUT2D eigenvalue weighted by atomic mass is 10.1. The summed E-state index contributed by atoms with van der Waals surface area (Å²) in [7, 11) is 0. The van der Waals surface area contributed by atoms with E-state index in [9.17, 15) is 0 Å². The third-order valence-electron chi connectivity index (χ3n) is 3.45. The van der Waals surface area contributed by atoms with Gasteiger partial charge in [0.15, 0.2) is 5.16 Å². The molecule has 0 saturated heterocycles. The Morgan fingerprint density at radius 1 is 1.19 bits per heavy atom. The summed E-state index contributed by atoms with van der Waals surface area (Å²) in [6, 6.07) is 14.0. The Hall–Kier alpha value is -1.85. The molecule has 0 aliphatic rings. The van der Waals surface area contributed by atoms with Crippen molar-refractivity contribution in [2.75, 3.05) is 0 Å². The first-order valence-corrected chi connectivity index (χ1v) is 7.94. The van der Waals surface area contributed by atoms with Crippen LogP contribution in [0.15, 0.2) is 53.8 Å².